The van der Waals surface area contributed by atoms with Gasteiger partial charge in [0.1, 0.15) is 0 Å². The molecular weight excluding hydrogens is 270 g/mol. The number of benzene rings is 1. The summed E-state index contributed by atoms with van der Waals surface area (Å²) in [5.41, 5.74) is 1.34. The molecule has 6 nitrogen and oxygen atoms in total. The van der Waals surface area contributed by atoms with Crippen LogP contribution in [0.5, 0.6) is 0 Å². The molecule has 0 radical (unpaired) electrons. The number of anilines is 1. The first-order valence-electron chi connectivity index (χ1n) is 6.66. The van der Waals surface area contributed by atoms with E-state index in [-0.39, 0.29) is 18.4 Å². The van der Waals surface area contributed by atoms with Gasteiger partial charge in [0.25, 0.3) is 0 Å². The van der Waals surface area contributed by atoms with Gasteiger partial charge in [0.15, 0.2) is 0 Å². The van der Waals surface area contributed by atoms with Gasteiger partial charge in [-0.15, -0.1) is 0 Å². The number of carboxylic acid groups (broad SMARTS) is 1. The zero-order chi connectivity index (χ0) is 15.2. The number of carbonyl (C=O) groups is 2. The molecule has 0 aliphatic heterocycles. The molecule has 110 valence electrons. The highest BCUT2D eigenvalue weighted by atomic mass is 16.4. The molecule has 0 aliphatic carbocycles. The molecule has 2 rings (SSSR count). The number of rotatable bonds is 5. The quantitative estimate of drug-likeness (QED) is 0.787. The van der Waals surface area contributed by atoms with Crippen molar-refractivity contribution in [2.75, 3.05) is 11.9 Å². The van der Waals surface area contributed by atoms with Gasteiger partial charge in [-0.2, -0.15) is 0 Å². The summed E-state index contributed by atoms with van der Waals surface area (Å²) in [5.74, 6) is -0.998. The van der Waals surface area contributed by atoms with Gasteiger partial charge in [0, 0.05) is 24.5 Å². The Morgan fingerprint density at radius 3 is 2.81 bits per heavy atom. The van der Waals surface area contributed by atoms with Crippen LogP contribution >= 0.6 is 0 Å². The molecule has 0 bridgehead atoms. The smallest absolute Gasteiger partial charge is 0.319 e. The van der Waals surface area contributed by atoms with E-state index in [4.69, 9.17) is 5.11 Å². The highest BCUT2D eigenvalue weighted by Gasteiger charge is 2.10. The van der Waals surface area contributed by atoms with E-state index in [0.29, 0.717) is 17.7 Å². The van der Waals surface area contributed by atoms with E-state index in [0.717, 1.165) is 5.39 Å². The number of hydrogen-bond donors (Lipinski definition) is 3. The fraction of sp³-hybridized carbons (Fsp3) is 0.267. The normalized spacial score (nSPS) is 11.9. The maximum atomic E-state index is 11.8. The Bertz CT molecular complexity index is 652. The number of pyridine rings is 1. The van der Waals surface area contributed by atoms with E-state index in [9.17, 15) is 9.59 Å². The summed E-state index contributed by atoms with van der Waals surface area (Å²) in [5, 5.41) is 15.0. The Labute approximate surface area is 122 Å². The van der Waals surface area contributed by atoms with Crippen LogP contribution in [0.1, 0.15) is 13.3 Å². The zero-order valence-corrected chi connectivity index (χ0v) is 11.7. The molecule has 2 amide bonds. The van der Waals surface area contributed by atoms with Gasteiger partial charge in [0.2, 0.25) is 0 Å². The molecule has 0 fully saturated rings. The molecule has 1 atom stereocenters. The summed E-state index contributed by atoms with van der Waals surface area (Å²) in [6.45, 7) is 2.07. The topological polar surface area (TPSA) is 91.3 Å². The van der Waals surface area contributed by atoms with Gasteiger partial charge in [-0.1, -0.05) is 25.1 Å². The number of urea groups is 1. The minimum Gasteiger partial charge on any atom is -0.481 e. The van der Waals surface area contributed by atoms with Crippen LogP contribution in [0.25, 0.3) is 10.9 Å². The third-order valence-electron chi connectivity index (χ3n) is 3.02. The van der Waals surface area contributed by atoms with Crippen LogP contribution in [-0.2, 0) is 4.79 Å². The first-order chi connectivity index (χ1) is 10.1. The van der Waals surface area contributed by atoms with Crippen LogP contribution in [0.4, 0.5) is 10.5 Å². The second kappa shape index (κ2) is 6.69. The Morgan fingerprint density at radius 1 is 1.29 bits per heavy atom. The Balaban J connectivity index is 1.97. The van der Waals surface area contributed by atoms with Gasteiger partial charge < -0.3 is 15.7 Å². The van der Waals surface area contributed by atoms with E-state index in [2.05, 4.69) is 15.6 Å². The van der Waals surface area contributed by atoms with Gasteiger partial charge >= 0.3 is 12.0 Å². The lowest BCUT2D eigenvalue weighted by atomic mass is 10.1. The summed E-state index contributed by atoms with van der Waals surface area (Å²) in [6, 6.07) is 8.91. The van der Waals surface area contributed by atoms with Crippen LogP contribution in [0, 0.1) is 5.92 Å². The lowest BCUT2D eigenvalue weighted by Gasteiger charge is -2.12. The molecule has 1 unspecified atom stereocenters. The molecule has 6 heteroatoms. The van der Waals surface area contributed by atoms with Crippen LogP contribution < -0.4 is 10.6 Å². The fourth-order valence-electron chi connectivity index (χ4n) is 2.01. The maximum Gasteiger partial charge on any atom is 0.319 e. The minimum absolute atomic E-state index is 0.0239. The number of aromatic nitrogens is 1. The zero-order valence-electron chi connectivity index (χ0n) is 11.7. The first-order valence-corrected chi connectivity index (χ1v) is 6.66. The number of nitrogens with zero attached hydrogens (tertiary/aromatic N) is 1. The van der Waals surface area contributed by atoms with E-state index in [1.165, 1.54) is 0 Å². The number of nitrogens with one attached hydrogen (secondary N) is 2. The molecule has 0 spiro atoms. The molecule has 1 aromatic carbocycles. The summed E-state index contributed by atoms with van der Waals surface area (Å²) < 4.78 is 0. The monoisotopic (exact) mass is 287 g/mol. The van der Waals surface area contributed by atoms with E-state index < -0.39 is 5.97 Å². The van der Waals surface area contributed by atoms with Crippen LogP contribution in [0.15, 0.2) is 36.5 Å². The SMILES string of the molecule is CC(CNC(=O)Nc1cccc2cccnc12)CC(=O)O. The van der Waals surface area contributed by atoms with Crippen molar-refractivity contribution >= 4 is 28.6 Å². The lowest BCUT2D eigenvalue weighted by Crippen LogP contribution is -2.33. The van der Waals surface area contributed by atoms with Crippen molar-refractivity contribution < 1.29 is 14.7 Å². The molecule has 1 heterocycles. The van der Waals surface area contributed by atoms with Gasteiger partial charge in [0.05, 0.1) is 11.2 Å². The second-order valence-corrected chi connectivity index (χ2v) is 4.92. The molecule has 0 aliphatic rings. The van der Waals surface area contributed by atoms with Crippen molar-refractivity contribution in [2.24, 2.45) is 5.92 Å². The number of hydrogen-bond acceptors (Lipinski definition) is 3. The summed E-state index contributed by atoms with van der Waals surface area (Å²) in [4.78, 5) is 26.7. The molecule has 21 heavy (non-hydrogen) atoms. The number of amides is 2. The number of aliphatic carboxylic acids is 1. The minimum atomic E-state index is -0.872. The number of fused-ring (bicyclic) bond motifs is 1. The lowest BCUT2D eigenvalue weighted by molar-refractivity contribution is -0.137. The molecular formula is C15H17N3O3. The number of carbonyl (C=O) groups excluding carboxylic acids is 1. The average Bonchev–Trinajstić information content (AvgIpc) is 2.45. The maximum absolute atomic E-state index is 11.8. The fourth-order valence-corrected chi connectivity index (χ4v) is 2.01. The van der Waals surface area contributed by atoms with Gasteiger partial charge in [-0.3, -0.25) is 9.78 Å². The van der Waals surface area contributed by atoms with E-state index in [1.54, 1.807) is 19.2 Å². The van der Waals surface area contributed by atoms with Crippen molar-refractivity contribution in [1.82, 2.24) is 10.3 Å². The van der Waals surface area contributed by atoms with Crippen LogP contribution in [-0.4, -0.2) is 28.6 Å². The predicted octanol–water partition coefficient (Wildman–Crippen LogP) is 2.47. The van der Waals surface area contributed by atoms with E-state index >= 15 is 0 Å². The van der Waals surface area contributed by atoms with Crippen molar-refractivity contribution in [3.8, 4) is 0 Å². The van der Waals surface area contributed by atoms with Gasteiger partial charge in [-0.05, 0) is 18.1 Å². The van der Waals surface area contributed by atoms with Crippen molar-refractivity contribution in [1.29, 1.82) is 0 Å². The standard InChI is InChI=1S/C15H17N3O3/c1-10(8-13(19)20)9-17-15(21)18-12-6-2-4-11-5-3-7-16-14(11)12/h2-7,10H,8-9H2,1H3,(H,19,20)(H2,17,18,21). The number of carboxylic acids is 1. The van der Waals surface area contributed by atoms with Crippen molar-refractivity contribution in [2.45, 2.75) is 13.3 Å². The summed E-state index contributed by atoms with van der Waals surface area (Å²) in [7, 11) is 0. The largest absolute Gasteiger partial charge is 0.481 e. The average molecular weight is 287 g/mol. The second-order valence-electron chi connectivity index (χ2n) is 4.92. The molecule has 0 saturated carbocycles. The van der Waals surface area contributed by atoms with Crippen LogP contribution in [0.3, 0.4) is 0 Å². The number of para-hydroxylation sites is 1. The third kappa shape index (κ3) is 4.17. The van der Waals surface area contributed by atoms with Crippen molar-refractivity contribution in [3.05, 3.63) is 36.5 Å². The van der Waals surface area contributed by atoms with Crippen LogP contribution in [0.2, 0.25) is 0 Å². The molecule has 3 N–H and O–H groups in total. The molecule has 0 saturated heterocycles. The Hall–Kier alpha value is -2.63. The predicted molar refractivity (Wildman–Crippen MR) is 80.2 cm³/mol. The molecule has 2 aromatic rings. The first kappa shape index (κ1) is 14.8. The Morgan fingerprint density at radius 2 is 2.05 bits per heavy atom. The summed E-state index contributed by atoms with van der Waals surface area (Å²) >= 11 is 0. The van der Waals surface area contributed by atoms with Crippen molar-refractivity contribution in [3.63, 3.8) is 0 Å². The van der Waals surface area contributed by atoms with E-state index in [1.807, 2.05) is 24.3 Å². The highest BCUT2D eigenvalue weighted by molar-refractivity contribution is 5.99. The molecule has 1 aromatic heterocycles. The summed E-state index contributed by atoms with van der Waals surface area (Å²) in [6.07, 6.45) is 1.69. The van der Waals surface area contributed by atoms with Gasteiger partial charge in [-0.25, -0.2) is 4.79 Å². The Kier molecular flexibility index (Phi) is 4.71. The third-order valence-corrected chi connectivity index (χ3v) is 3.02. The highest BCUT2D eigenvalue weighted by Crippen LogP contribution is 2.20.